The van der Waals surface area contributed by atoms with Crippen molar-refractivity contribution in [3.05, 3.63) is 102 Å². The van der Waals surface area contributed by atoms with Crippen molar-refractivity contribution < 1.29 is 76.2 Å². The number of aryl methyl sites for hydroxylation is 4. The number of nitrogens with zero attached hydrogens (tertiary/aromatic N) is 8. The van der Waals surface area contributed by atoms with E-state index in [9.17, 15) is 33.6 Å². The van der Waals surface area contributed by atoms with Crippen molar-refractivity contribution in [3.63, 3.8) is 0 Å². The molecule has 6 aromatic rings. The maximum absolute atomic E-state index is 13.6. The zero-order chi connectivity index (χ0) is 65.7. The number of hydrogen-bond acceptors (Lipinski definition) is 20. The van der Waals surface area contributed by atoms with Crippen LogP contribution in [0.1, 0.15) is 85.2 Å². The zero-order valence-corrected chi connectivity index (χ0v) is 52.5. The van der Waals surface area contributed by atoms with Gasteiger partial charge in [0, 0.05) is 103 Å². The molecule has 5 aromatic heterocycles. The predicted octanol–water partition coefficient (Wildman–Crippen LogP) is 1.80. The second-order valence-corrected chi connectivity index (χ2v) is 21.1. The quantitative estimate of drug-likeness (QED) is 0.0200. The Morgan fingerprint density at radius 1 is 0.527 bits per heavy atom. The number of nitrogens with one attached hydrogen (secondary N) is 6. The maximum Gasteiger partial charge on any atom is 0.291 e. The highest BCUT2D eigenvalue weighted by atomic mass is 16.6. The Bertz CT molecular complexity index is 3330. The lowest BCUT2D eigenvalue weighted by atomic mass is 9.99. The first-order valence-corrected chi connectivity index (χ1v) is 29.3. The highest BCUT2D eigenvalue weighted by Crippen LogP contribution is 2.22. The summed E-state index contributed by atoms with van der Waals surface area (Å²) >= 11 is 0. The first-order valence-electron chi connectivity index (χ1n) is 29.3. The summed E-state index contributed by atoms with van der Waals surface area (Å²) in [5.41, 5.74) is 12.4. The van der Waals surface area contributed by atoms with Gasteiger partial charge in [0.05, 0.1) is 123 Å². The summed E-state index contributed by atoms with van der Waals surface area (Å²) in [6.45, 7) is 10.0. The van der Waals surface area contributed by atoms with Crippen LogP contribution in [-0.4, -0.2) is 204 Å². The number of amides is 7. The van der Waals surface area contributed by atoms with Gasteiger partial charge in [-0.05, 0) is 50.2 Å². The predicted molar refractivity (Wildman–Crippen MR) is 332 cm³/mol. The topological polar surface area (TPSA) is 390 Å². The summed E-state index contributed by atoms with van der Waals surface area (Å²) < 4.78 is 57.6. The molecule has 0 radical (unpaired) electrons. The number of primary amides is 1. The fourth-order valence-corrected chi connectivity index (χ4v) is 8.72. The number of ether oxygens (including phenoxy) is 9. The average molecular weight is 1270 g/mol. The minimum absolute atomic E-state index is 0.0286. The van der Waals surface area contributed by atoms with Gasteiger partial charge >= 0.3 is 0 Å². The van der Waals surface area contributed by atoms with Crippen LogP contribution >= 0.6 is 0 Å². The van der Waals surface area contributed by atoms with Gasteiger partial charge in [-0.1, -0.05) is 0 Å². The van der Waals surface area contributed by atoms with E-state index in [0.29, 0.717) is 116 Å². The van der Waals surface area contributed by atoms with E-state index in [0.717, 1.165) is 5.75 Å². The third-order valence-corrected chi connectivity index (χ3v) is 13.2. The fourth-order valence-electron chi connectivity index (χ4n) is 8.72. The molecule has 0 unspecified atom stereocenters. The van der Waals surface area contributed by atoms with Crippen LogP contribution in [0.3, 0.4) is 0 Å². The number of carbonyl (C=O) groups excluding carboxylic acids is 7. The third-order valence-electron chi connectivity index (χ3n) is 13.2. The van der Waals surface area contributed by atoms with Crippen LogP contribution in [0.4, 0.5) is 28.7 Å². The molecule has 0 aliphatic heterocycles. The van der Waals surface area contributed by atoms with Crippen molar-refractivity contribution in [2.75, 3.05) is 146 Å². The Hall–Kier alpha value is -9.02. The van der Waals surface area contributed by atoms with Crippen LogP contribution < -0.4 is 48.1 Å². The molecule has 0 aliphatic carbocycles. The average Bonchev–Trinajstić information content (AvgIpc) is 2.05. The molecule has 0 bridgehead atoms. The van der Waals surface area contributed by atoms with Gasteiger partial charge in [0.25, 0.3) is 29.5 Å². The molecule has 0 aliphatic rings. The van der Waals surface area contributed by atoms with E-state index in [2.05, 4.69) is 46.9 Å². The lowest BCUT2D eigenvalue weighted by Crippen LogP contribution is -2.46. The normalized spacial score (nSPS) is 11.4. The molecule has 496 valence electrons. The molecule has 6 rings (SSSR count). The molecule has 32 heteroatoms. The van der Waals surface area contributed by atoms with Gasteiger partial charge in [-0.15, -0.1) is 0 Å². The second kappa shape index (κ2) is 36.6. The number of nitrogens with two attached hydrogens (primary N) is 2. The first kappa shape index (κ1) is 71.1. The fraction of sp³-hybridized carbons (Fsp3) is 0.492. The summed E-state index contributed by atoms with van der Waals surface area (Å²) in [5, 5.41) is 16.3. The van der Waals surface area contributed by atoms with E-state index in [-0.39, 0.29) is 85.2 Å². The Morgan fingerprint density at radius 2 is 1.02 bits per heavy atom. The number of imidazole rings is 3. The summed E-state index contributed by atoms with van der Waals surface area (Å²) in [7, 11) is 8.10. The van der Waals surface area contributed by atoms with Crippen molar-refractivity contribution in [1.29, 1.82) is 0 Å². The Balaban J connectivity index is 0.792. The van der Waals surface area contributed by atoms with Gasteiger partial charge in [0.1, 0.15) is 23.7 Å². The van der Waals surface area contributed by atoms with E-state index < -0.39 is 46.9 Å². The maximum atomic E-state index is 13.6. The molecule has 0 atom stereocenters. The minimum atomic E-state index is -1.11. The van der Waals surface area contributed by atoms with Crippen molar-refractivity contribution in [2.24, 2.45) is 41.0 Å². The van der Waals surface area contributed by atoms with Gasteiger partial charge < -0.3 is 109 Å². The molecule has 0 spiro atoms. The van der Waals surface area contributed by atoms with E-state index in [1.54, 1.807) is 78.2 Å². The molecule has 7 amide bonds. The molecule has 0 fully saturated rings. The lowest BCUT2D eigenvalue weighted by Gasteiger charge is -2.25. The van der Waals surface area contributed by atoms with E-state index in [1.165, 1.54) is 49.0 Å². The van der Waals surface area contributed by atoms with Gasteiger partial charge in [-0.2, -0.15) is 0 Å². The van der Waals surface area contributed by atoms with Crippen LogP contribution in [0, 0.1) is 0 Å². The van der Waals surface area contributed by atoms with Crippen molar-refractivity contribution in [3.8, 4) is 5.75 Å². The molecule has 32 nitrogen and oxygen atoms in total. The summed E-state index contributed by atoms with van der Waals surface area (Å²) in [6.07, 6.45) is 7.61. The largest absolute Gasteiger partial charge is 0.491 e. The molecule has 0 saturated heterocycles. The van der Waals surface area contributed by atoms with E-state index in [4.69, 9.17) is 54.1 Å². The van der Waals surface area contributed by atoms with Gasteiger partial charge in [0.2, 0.25) is 23.5 Å². The molecule has 0 saturated carbocycles. The number of nitrogen functional groups attached to an aromatic ring is 1. The second-order valence-electron chi connectivity index (χ2n) is 21.1. The van der Waals surface area contributed by atoms with Gasteiger partial charge in [0.15, 0.2) is 17.5 Å². The smallest absolute Gasteiger partial charge is 0.291 e. The van der Waals surface area contributed by atoms with E-state index in [1.807, 2.05) is 12.1 Å². The number of hydrogen-bond donors (Lipinski definition) is 8. The van der Waals surface area contributed by atoms with Gasteiger partial charge in [-0.25, -0.2) is 15.0 Å². The number of aromatic nitrogens is 8. The summed E-state index contributed by atoms with van der Waals surface area (Å²) in [4.78, 5) is 104. The van der Waals surface area contributed by atoms with E-state index >= 15 is 0 Å². The molecule has 10 N–H and O–H groups in total. The summed E-state index contributed by atoms with van der Waals surface area (Å²) in [5.74, 6) is -2.88. The molecular weight excluding hydrogens is 1190 g/mol. The van der Waals surface area contributed by atoms with Crippen LogP contribution in [0.5, 0.6) is 5.75 Å². The number of rotatable bonds is 43. The van der Waals surface area contributed by atoms with Crippen LogP contribution in [0.2, 0.25) is 0 Å². The lowest BCUT2D eigenvalue weighted by molar-refractivity contribution is -0.117. The minimum Gasteiger partial charge on any atom is -0.491 e. The molecular formula is C59H84N16O16. The highest BCUT2D eigenvalue weighted by molar-refractivity contribution is 6.05. The van der Waals surface area contributed by atoms with Gasteiger partial charge in [-0.3, -0.25) is 33.6 Å². The highest BCUT2D eigenvalue weighted by Gasteiger charge is 2.29. The third kappa shape index (κ3) is 24.0. The number of benzene rings is 1. The van der Waals surface area contributed by atoms with Crippen LogP contribution in [0.15, 0.2) is 67.4 Å². The monoisotopic (exact) mass is 1270 g/mol. The zero-order valence-electron chi connectivity index (χ0n) is 52.5. The SMILES string of the molecule is Cn1cc(NC(=O)c2nccn2C)cc1C(=O)NCCC(=O)Nc1cn(C)c(C(=O)Nc2cc(C(=O)NC(C)(C)CC(=O)Nc3nc(C(N)=O)n(C)c3CCOCCOCCOCCOCCOCCOCCOCCOCCOc3ccc(N)cc3)n(C)c2)n1. The van der Waals surface area contributed by atoms with Crippen LogP contribution in [0.25, 0.3) is 0 Å². The Morgan fingerprint density at radius 3 is 1.53 bits per heavy atom. The standard InChI is InChI=1S/C59H84N16O16/c1-59(2,70-56(80)46-35-42(38-73(46)5)65-58(82)54-67-47(39-74(54)6)66-48(76)12-14-63-55(79)45-34-41(37-72(45)4)64-57(81)53-62-15-16-71(53)3)36-49(77)68-51-44(75(7)52(69-51)50(61)78)13-17-83-18-19-84-20-21-85-22-23-86-24-25-87-26-27-88-28-29-89-30-31-90-32-33-91-43-10-8-40(60)9-11-43/h8-11,15-16,34-35,37-39H,12-14,17-33,36,60H2,1-7H3,(H2,61,78)(H,63,79)(H,64,81)(H,65,82)(H,66,76)(H,68,77)(H,70,80). The molecule has 91 heavy (non-hydrogen) atoms. The van der Waals surface area contributed by atoms with Crippen molar-refractivity contribution >= 4 is 70.0 Å². The van der Waals surface area contributed by atoms with Crippen molar-refractivity contribution in [2.45, 2.75) is 38.6 Å². The number of anilines is 5. The molecule has 1 aromatic carbocycles. The molecule has 5 heterocycles. The van der Waals surface area contributed by atoms with Crippen LogP contribution in [-0.2, 0) is 89.1 Å². The first-order chi connectivity index (χ1) is 43.7. The van der Waals surface area contributed by atoms with Crippen molar-refractivity contribution in [1.82, 2.24) is 48.4 Å². The Labute approximate surface area is 526 Å². The summed E-state index contributed by atoms with van der Waals surface area (Å²) in [6, 6.07) is 10.1. The Kier molecular flexibility index (Phi) is 28.6. The number of carbonyl (C=O) groups is 7.